The van der Waals surface area contributed by atoms with Crippen LogP contribution in [0, 0.1) is 0 Å². The first-order chi connectivity index (χ1) is 9.22. The highest BCUT2D eigenvalue weighted by Gasteiger charge is 2.22. The van der Waals surface area contributed by atoms with Crippen LogP contribution in [-0.4, -0.2) is 23.2 Å². The second kappa shape index (κ2) is 4.83. The lowest BCUT2D eigenvalue weighted by Crippen LogP contribution is -2.31. The fourth-order valence-corrected chi connectivity index (χ4v) is 2.77. The zero-order chi connectivity index (χ0) is 13.4. The standard InChI is InChI=1S/C13H14ClN3O2/c1-19-9-5-2-4-8-11(9)16-13(14)17(12(8)18)10-6-3-7-15-10/h2,4-5,10,15H,3,6-7H2,1H3. The van der Waals surface area contributed by atoms with E-state index in [0.29, 0.717) is 16.7 Å². The lowest BCUT2D eigenvalue weighted by Gasteiger charge is -2.16. The quantitative estimate of drug-likeness (QED) is 0.854. The summed E-state index contributed by atoms with van der Waals surface area (Å²) in [4.78, 5) is 16.9. The number of aromatic nitrogens is 2. The molecule has 1 fully saturated rings. The van der Waals surface area contributed by atoms with Crippen LogP contribution in [0.2, 0.25) is 5.28 Å². The molecule has 1 aromatic carbocycles. The van der Waals surface area contributed by atoms with E-state index in [1.54, 1.807) is 25.3 Å². The molecule has 1 aromatic heterocycles. The number of para-hydroxylation sites is 1. The SMILES string of the molecule is COc1cccc2c(=O)n(C3CCCN3)c(Cl)nc12. The Morgan fingerprint density at radius 2 is 2.37 bits per heavy atom. The number of benzene rings is 1. The van der Waals surface area contributed by atoms with Crippen LogP contribution in [0.1, 0.15) is 19.0 Å². The van der Waals surface area contributed by atoms with Crippen molar-refractivity contribution in [3.63, 3.8) is 0 Å². The normalized spacial score (nSPS) is 18.9. The molecule has 1 saturated heterocycles. The van der Waals surface area contributed by atoms with Crippen LogP contribution in [0.3, 0.4) is 0 Å². The summed E-state index contributed by atoms with van der Waals surface area (Å²) in [5.41, 5.74) is 0.377. The van der Waals surface area contributed by atoms with Crippen molar-refractivity contribution in [1.82, 2.24) is 14.9 Å². The first-order valence-electron chi connectivity index (χ1n) is 6.20. The van der Waals surface area contributed by atoms with Gasteiger partial charge in [-0.1, -0.05) is 6.07 Å². The van der Waals surface area contributed by atoms with Crippen molar-refractivity contribution < 1.29 is 4.74 Å². The number of nitrogens with one attached hydrogen (secondary N) is 1. The van der Waals surface area contributed by atoms with Gasteiger partial charge in [0.2, 0.25) is 5.28 Å². The Morgan fingerprint density at radius 3 is 3.05 bits per heavy atom. The first-order valence-corrected chi connectivity index (χ1v) is 6.58. The van der Waals surface area contributed by atoms with Gasteiger partial charge >= 0.3 is 0 Å². The molecule has 0 bridgehead atoms. The Morgan fingerprint density at radius 1 is 1.53 bits per heavy atom. The molecule has 1 unspecified atom stereocenters. The van der Waals surface area contributed by atoms with Gasteiger partial charge in [0.25, 0.3) is 5.56 Å². The fourth-order valence-electron chi connectivity index (χ4n) is 2.49. The minimum atomic E-state index is -0.131. The van der Waals surface area contributed by atoms with Crippen molar-refractivity contribution in [3.05, 3.63) is 33.8 Å². The predicted molar refractivity (Wildman–Crippen MR) is 73.8 cm³/mol. The number of hydrogen-bond donors (Lipinski definition) is 1. The monoisotopic (exact) mass is 279 g/mol. The Balaban J connectivity index is 2.28. The number of rotatable bonds is 2. The molecule has 1 aliphatic heterocycles. The molecule has 100 valence electrons. The minimum absolute atomic E-state index is 0.0666. The molecule has 0 aliphatic carbocycles. The van der Waals surface area contributed by atoms with Gasteiger partial charge < -0.3 is 4.74 Å². The van der Waals surface area contributed by atoms with Crippen molar-refractivity contribution in [2.75, 3.05) is 13.7 Å². The molecule has 19 heavy (non-hydrogen) atoms. The Hall–Kier alpha value is -1.59. The van der Waals surface area contributed by atoms with Crippen LogP contribution in [0.4, 0.5) is 0 Å². The van der Waals surface area contributed by atoms with Gasteiger partial charge in [0.15, 0.2) is 0 Å². The summed E-state index contributed by atoms with van der Waals surface area (Å²) in [5, 5.41) is 3.98. The topological polar surface area (TPSA) is 56.1 Å². The number of fused-ring (bicyclic) bond motifs is 1. The maximum absolute atomic E-state index is 12.5. The van der Waals surface area contributed by atoms with Crippen LogP contribution < -0.4 is 15.6 Å². The van der Waals surface area contributed by atoms with E-state index in [1.165, 1.54) is 4.57 Å². The van der Waals surface area contributed by atoms with Crippen molar-refractivity contribution >= 4 is 22.5 Å². The van der Waals surface area contributed by atoms with E-state index in [9.17, 15) is 4.79 Å². The molecule has 1 aliphatic rings. The summed E-state index contributed by atoms with van der Waals surface area (Å²) in [5.74, 6) is 0.558. The molecule has 0 radical (unpaired) electrons. The number of hydrogen-bond acceptors (Lipinski definition) is 4. The second-order valence-electron chi connectivity index (χ2n) is 4.52. The van der Waals surface area contributed by atoms with E-state index in [0.717, 1.165) is 19.4 Å². The van der Waals surface area contributed by atoms with Crippen molar-refractivity contribution in [3.8, 4) is 5.75 Å². The second-order valence-corrected chi connectivity index (χ2v) is 4.86. The van der Waals surface area contributed by atoms with E-state index < -0.39 is 0 Å². The average Bonchev–Trinajstić information content (AvgIpc) is 2.92. The lowest BCUT2D eigenvalue weighted by atomic mass is 10.2. The summed E-state index contributed by atoms with van der Waals surface area (Å²) in [6, 6.07) is 5.29. The van der Waals surface area contributed by atoms with Gasteiger partial charge in [0, 0.05) is 0 Å². The number of nitrogens with zero attached hydrogens (tertiary/aromatic N) is 2. The van der Waals surface area contributed by atoms with Crippen LogP contribution in [0.25, 0.3) is 10.9 Å². The predicted octanol–water partition coefficient (Wildman–Crippen LogP) is 1.94. The maximum atomic E-state index is 12.5. The van der Waals surface area contributed by atoms with Gasteiger partial charge in [-0.15, -0.1) is 0 Å². The van der Waals surface area contributed by atoms with E-state index in [1.807, 2.05) is 0 Å². The van der Waals surface area contributed by atoms with E-state index in [4.69, 9.17) is 16.3 Å². The molecule has 0 amide bonds. The molecule has 1 N–H and O–H groups in total. The summed E-state index contributed by atoms with van der Waals surface area (Å²) in [6.07, 6.45) is 1.85. The smallest absolute Gasteiger partial charge is 0.263 e. The summed E-state index contributed by atoms with van der Waals surface area (Å²) in [7, 11) is 1.55. The third-order valence-corrected chi connectivity index (χ3v) is 3.68. The van der Waals surface area contributed by atoms with Gasteiger partial charge in [0.05, 0.1) is 18.7 Å². The number of ether oxygens (including phenoxy) is 1. The third kappa shape index (κ3) is 1.99. The average molecular weight is 280 g/mol. The zero-order valence-corrected chi connectivity index (χ0v) is 11.3. The molecule has 0 spiro atoms. The number of halogens is 1. The lowest BCUT2D eigenvalue weighted by molar-refractivity contribution is 0.417. The summed E-state index contributed by atoms with van der Waals surface area (Å²) < 4.78 is 6.74. The molecule has 6 heteroatoms. The van der Waals surface area contributed by atoms with Gasteiger partial charge in [-0.3, -0.25) is 14.7 Å². The maximum Gasteiger partial charge on any atom is 0.263 e. The molecule has 5 nitrogen and oxygen atoms in total. The van der Waals surface area contributed by atoms with Crippen LogP contribution in [0.5, 0.6) is 5.75 Å². The largest absolute Gasteiger partial charge is 0.494 e. The van der Waals surface area contributed by atoms with Gasteiger partial charge in [-0.25, -0.2) is 4.98 Å². The minimum Gasteiger partial charge on any atom is -0.494 e. The molecular formula is C13H14ClN3O2. The third-order valence-electron chi connectivity index (χ3n) is 3.42. The highest BCUT2D eigenvalue weighted by Crippen LogP contribution is 2.25. The van der Waals surface area contributed by atoms with E-state index in [-0.39, 0.29) is 17.0 Å². The van der Waals surface area contributed by atoms with Crippen LogP contribution in [-0.2, 0) is 0 Å². The van der Waals surface area contributed by atoms with Crippen molar-refractivity contribution in [2.24, 2.45) is 0 Å². The van der Waals surface area contributed by atoms with Gasteiger partial charge in [-0.2, -0.15) is 0 Å². The highest BCUT2D eigenvalue weighted by molar-refractivity contribution is 6.28. The fraction of sp³-hybridized carbons (Fsp3) is 0.385. The van der Waals surface area contributed by atoms with Crippen LogP contribution in [0.15, 0.2) is 23.0 Å². The number of methoxy groups -OCH3 is 1. The van der Waals surface area contributed by atoms with Gasteiger partial charge in [-0.05, 0) is 43.1 Å². The molecule has 0 saturated carbocycles. The summed E-state index contributed by atoms with van der Waals surface area (Å²) >= 11 is 6.17. The molecule has 1 atom stereocenters. The summed E-state index contributed by atoms with van der Waals surface area (Å²) in [6.45, 7) is 0.892. The van der Waals surface area contributed by atoms with Crippen LogP contribution >= 0.6 is 11.6 Å². The molecular weight excluding hydrogens is 266 g/mol. The first kappa shape index (κ1) is 12.4. The van der Waals surface area contributed by atoms with Crippen molar-refractivity contribution in [1.29, 1.82) is 0 Å². The molecule has 2 heterocycles. The Labute approximate surface area is 115 Å². The van der Waals surface area contributed by atoms with E-state index in [2.05, 4.69) is 10.3 Å². The van der Waals surface area contributed by atoms with E-state index >= 15 is 0 Å². The van der Waals surface area contributed by atoms with Crippen molar-refractivity contribution in [2.45, 2.75) is 19.0 Å². The molecule has 2 aromatic rings. The Kier molecular flexibility index (Phi) is 3.16. The Bertz CT molecular complexity index is 677. The zero-order valence-electron chi connectivity index (χ0n) is 10.5. The highest BCUT2D eigenvalue weighted by atomic mass is 35.5. The molecule has 3 rings (SSSR count). The van der Waals surface area contributed by atoms with Gasteiger partial charge in [0.1, 0.15) is 11.3 Å².